The van der Waals surface area contributed by atoms with Gasteiger partial charge >= 0.3 is 6.18 Å². The van der Waals surface area contributed by atoms with Crippen LogP contribution in [-0.2, 0) is 26.1 Å². The van der Waals surface area contributed by atoms with E-state index >= 15 is 0 Å². The van der Waals surface area contributed by atoms with E-state index in [-0.39, 0.29) is 10.5 Å². The Bertz CT molecular complexity index is 857. The molecule has 25 heavy (non-hydrogen) atoms. The molecule has 0 unspecified atom stereocenters. The second-order valence-electron chi connectivity index (χ2n) is 5.84. The zero-order chi connectivity index (χ0) is 18.9. The first-order chi connectivity index (χ1) is 11.6. The summed E-state index contributed by atoms with van der Waals surface area (Å²) in [6, 6.07) is 3.91. The van der Waals surface area contributed by atoms with Crippen molar-refractivity contribution in [2.75, 3.05) is 6.26 Å². The van der Waals surface area contributed by atoms with E-state index in [2.05, 4.69) is 5.10 Å². The van der Waals surface area contributed by atoms with Crippen molar-refractivity contribution in [3.8, 4) is 11.1 Å². The molecule has 0 fully saturated rings. The standard InChI is InChI=1S/C18H21F3N2OS/c1-6-11-8-10(3)13(12(7-2)9-11)14-15(25-5)16(18(19,20)21)22-23(4)17(14)24/h8-9H,6-7H2,1-5H3. The number of aromatic nitrogens is 2. The van der Waals surface area contributed by atoms with Crippen LogP contribution < -0.4 is 5.56 Å². The minimum absolute atomic E-state index is 0.0920. The van der Waals surface area contributed by atoms with Crippen molar-refractivity contribution in [3.63, 3.8) is 0 Å². The number of halogens is 3. The molecule has 0 radical (unpaired) electrons. The first-order valence-electron chi connectivity index (χ1n) is 8.00. The van der Waals surface area contributed by atoms with Gasteiger partial charge in [0.15, 0.2) is 5.69 Å². The zero-order valence-corrected chi connectivity index (χ0v) is 15.7. The second-order valence-corrected chi connectivity index (χ2v) is 6.65. The first-order valence-corrected chi connectivity index (χ1v) is 9.23. The van der Waals surface area contributed by atoms with E-state index in [4.69, 9.17) is 0 Å². The number of thioether (sulfide) groups is 1. The lowest BCUT2D eigenvalue weighted by Crippen LogP contribution is -2.27. The SMILES string of the molecule is CCc1cc(C)c(-c2c(SC)c(C(F)(F)F)nn(C)c2=O)c(CC)c1. The molecule has 7 heteroatoms. The highest BCUT2D eigenvalue weighted by Gasteiger charge is 2.38. The van der Waals surface area contributed by atoms with Crippen molar-refractivity contribution in [1.82, 2.24) is 9.78 Å². The van der Waals surface area contributed by atoms with Crippen molar-refractivity contribution in [1.29, 1.82) is 0 Å². The molecule has 0 N–H and O–H groups in total. The second kappa shape index (κ2) is 7.23. The molecule has 0 aliphatic carbocycles. The third-order valence-electron chi connectivity index (χ3n) is 4.19. The summed E-state index contributed by atoms with van der Waals surface area (Å²) in [5.41, 5.74) is 1.95. The van der Waals surface area contributed by atoms with Gasteiger partial charge in [-0.3, -0.25) is 4.79 Å². The largest absolute Gasteiger partial charge is 0.436 e. The Morgan fingerprint density at radius 2 is 1.80 bits per heavy atom. The number of alkyl halides is 3. The maximum Gasteiger partial charge on any atom is 0.436 e. The van der Waals surface area contributed by atoms with Crippen molar-refractivity contribution < 1.29 is 13.2 Å². The summed E-state index contributed by atoms with van der Waals surface area (Å²) in [4.78, 5) is 12.6. The van der Waals surface area contributed by atoms with Crippen molar-refractivity contribution in [2.45, 2.75) is 44.7 Å². The Balaban J connectivity index is 2.98. The molecule has 0 saturated carbocycles. The van der Waals surface area contributed by atoms with Crippen molar-refractivity contribution in [3.05, 3.63) is 44.9 Å². The van der Waals surface area contributed by atoms with Crippen LogP contribution in [0, 0.1) is 6.92 Å². The van der Waals surface area contributed by atoms with E-state index in [9.17, 15) is 18.0 Å². The summed E-state index contributed by atoms with van der Waals surface area (Å²) in [5, 5.41) is 3.48. The Labute approximate surface area is 149 Å². The van der Waals surface area contributed by atoms with Gasteiger partial charge in [-0.2, -0.15) is 18.3 Å². The molecule has 0 bridgehead atoms. The van der Waals surface area contributed by atoms with Crippen LogP contribution in [0.25, 0.3) is 11.1 Å². The highest BCUT2D eigenvalue weighted by atomic mass is 32.2. The summed E-state index contributed by atoms with van der Waals surface area (Å²) in [5.74, 6) is 0. The Kier molecular flexibility index (Phi) is 5.66. The third kappa shape index (κ3) is 3.61. The predicted octanol–water partition coefficient (Wildman–Crippen LogP) is 4.62. The minimum atomic E-state index is -4.62. The van der Waals surface area contributed by atoms with Crippen LogP contribution >= 0.6 is 11.8 Å². The van der Waals surface area contributed by atoms with E-state index in [1.165, 1.54) is 13.3 Å². The van der Waals surface area contributed by atoms with Gasteiger partial charge in [0, 0.05) is 7.05 Å². The highest BCUT2D eigenvalue weighted by Crippen LogP contribution is 2.40. The van der Waals surface area contributed by atoms with Crippen molar-refractivity contribution >= 4 is 11.8 Å². The van der Waals surface area contributed by atoms with Gasteiger partial charge in [0.05, 0.1) is 10.5 Å². The maximum absolute atomic E-state index is 13.5. The van der Waals surface area contributed by atoms with Gasteiger partial charge in [-0.25, -0.2) is 4.68 Å². The number of benzene rings is 1. The monoisotopic (exact) mass is 370 g/mol. The molecule has 3 nitrogen and oxygen atoms in total. The van der Waals surface area contributed by atoms with Gasteiger partial charge in [-0.15, -0.1) is 11.8 Å². The quantitative estimate of drug-likeness (QED) is 0.737. The average molecular weight is 370 g/mol. The minimum Gasteiger partial charge on any atom is -0.267 e. The van der Waals surface area contributed by atoms with Crippen LogP contribution in [0.5, 0.6) is 0 Å². The normalized spacial score (nSPS) is 11.8. The molecule has 2 rings (SSSR count). The lowest BCUT2D eigenvalue weighted by molar-refractivity contribution is -0.144. The molecule has 1 heterocycles. The van der Waals surface area contributed by atoms with Crippen LogP contribution in [-0.4, -0.2) is 16.0 Å². The molecule has 1 aromatic carbocycles. The van der Waals surface area contributed by atoms with Crippen LogP contribution in [0.1, 0.15) is 36.2 Å². The zero-order valence-electron chi connectivity index (χ0n) is 14.9. The smallest absolute Gasteiger partial charge is 0.267 e. The van der Waals surface area contributed by atoms with E-state index in [0.29, 0.717) is 12.0 Å². The fourth-order valence-corrected chi connectivity index (χ4v) is 3.75. The summed E-state index contributed by atoms with van der Waals surface area (Å²) in [7, 11) is 1.26. The van der Waals surface area contributed by atoms with E-state index in [1.54, 1.807) is 0 Å². The van der Waals surface area contributed by atoms with Gasteiger partial charge in [0.25, 0.3) is 5.56 Å². The van der Waals surface area contributed by atoms with Gasteiger partial charge in [0.2, 0.25) is 0 Å². The summed E-state index contributed by atoms with van der Waals surface area (Å²) in [6.07, 6.45) is -1.63. The van der Waals surface area contributed by atoms with Crippen LogP contribution in [0.4, 0.5) is 13.2 Å². The molecular weight excluding hydrogens is 349 g/mol. The van der Waals surface area contributed by atoms with Gasteiger partial charge in [-0.05, 0) is 48.3 Å². The number of nitrogens with zero attached hydrogens (tertiary/aromatic N) is 2. The molecule has 0 atom stereocenters. The molecule has 0 spiro atoms. The third-order valence-corrected chi connectivity index (χ3v) is 4.99. The van der Waals surface area contributed by atoms with Crippen LogP contribution in [0.2, 0.25) is 0 Å². The summed E-state index contributed by atoms with van der Waals surface area (Å²) >= 11 is 0.909. The maximum atomic E-state index is 13.5. The van der Waals surface area contributed by atoms with E-state index < -0.39 is 17.4 Å². The molecule has 136 valence electrons. The van der Waals surface area contributed by atoms with Gasteiger partial charge in [-0.1, -0.05) is 26.0 Å². The highest BCUT2D eigenvalue weighted by molar-refractivity contribution is 7.98. The molecule has 2 aromatic rings. The topological polar surface area (TPSA) is 34.9 Å². The summed E-state index contributed by atoms with van der Waals surface area (Å²) in [6.45, 7) is 5.80. The van der Waals surface area contributed by atoms with Gasteiger partial charge in [0.1, 0.15) is 0 Å². The van der Waals surface area contributed by atoms with Gasteiger partial charge < -0.3 is 0 Å². The van der Waals surface area contributed by atoms with E-state index in [0.717, 1.165) is 39.6 Å². The average Bonchev–Trinajstić information content (AvgIpc) is 2.55. The number of aryl methyl sites for hydroxylation is 4. The van der Waals surface area contributed by atoms with Crippen LogP contribution in [0.3, 0.4) is 0 Å². The number of rotatable bonds is 4. The number of hydrogen-bond acceptors (Lipinski definition) is 3. The molecule has 0 saturated heterocycles. The predicted molar refractivity (Wildman–Crippen MR) is 95.2 cm³/mol. The fourth-order valence-electron chi connectivity index (χ4n) is 3.00. The lowest BCUT2D eigenvalue weighted by Gasteiger charge is -2.19. The Morgan fingerprint density at radius 1 is 1.16 bits per heavy atom. The molecular formula is C18H21F3N2OS. The van der Waals surface area contributed by atoms with Crippen LogP contribution in [0.15, 0.2) is 21.8 Å². The fraction of sp³-hybridized carbons (Fsp3) is 0.444. The Hall–Kier alpha value is -1.76. The molecule has 0 amide bonds. The van der Waals surface area contributed by atoms with Crippen molar-refractivity contribution in [2.24, 2.45) is 7.05 Å². The first kappa shape index (κ1) is 19.6. The molecule has 0 aliphatic rings. The molecule has 0 aliphatic heterocycles. The van der Waals surface area contributed by atoms with E-state index in [1.807, 2.05) is 32.9 Å². The lowest BCUT2D eigenvalue weighted by atomic mass is 9.91. The molecule has 1 aromatic heterocycles. The summed E-state index contributed by atoms with van der Waals surface area (Å²) < 4.78 is 41.1. The Morgan fingerprint density at radius 3 is 2.28 bits per heavy atom. The number of hydrogen-bond donors (Lipinski definition) is 0.